The first-order chi connectivity index (χ1) is 5.92. The molecule has 0 bridgehead atoms. The van der Waals surface area contributed by atoms with Crippen molar-refractivity contribution >= 4 is 6.09 Å². The van der Waals surface area contributed by atoms with Gasteiger partial charge in [0.2, 0.25) is 0 Å². The monoisotopic (exact) mass is 186 g/mol. The maximum absolute atomic E-state index is 11.3. The van der Waals surface area contributed by atoms with E-state index in [1.54, 1.807) is 4.90 Å². The van der Waals surface area contributed by atoms with E-state index in [1.165, 1.54) is 0 Å². The maximum Gasteiger partial charge on any atom is 0.410 e. The molecule has 1 saturated heterocycles. The summed E-state index contributed by atoms with van der Waals surface area (Å²) in [6.07, 6.45) is -0.347. The van der Waals surface area contributed by atoms with E-state index in [2.05, 4.69) is 20.8 Å². The molecule has 0 radical (unpaired) electrons. The third kappa shape index (κ3) is 2.88. The van der Waals surface area contributed by atoms with Gasteiger partial charge in [-0.25, -0.2) is 4.79 Å². The molecule has 0 aliphatic carbocycles. The molecule has 0 aromatic heterocycles. The van der Waals surface area contributed by atoms with E-state index in [0.29, 0.717) is 13.1 Å². The number of cyclic esters (lactones) is 1. The molecular formula is C9H18N2O2. The van der Waals surface area contributed by atoms with Crippen molar-refractivity contribution in [1.29, 1.82) is 0 Å². The Labute approximate surface area is 79.0 Å². The van der Waals surface area contributed by atoms with Crippen LogP contribution in [-0.2, 0) is 4.74 Å². The van der Waals surface area contributed by atoms with Crippen LogP contribution in [0.5, 0.6) is 0 Å². The standard InChI is InChI=1S/C9H18N2O2/c1-9(2,3)6-11-5-7(4-10)13-8(11)12/h7H,4-6,10H2,1-3H3/t7-/m0/s1. The fourth-order valence-electron chi connectivity index (χ4n) is 1.40. The summed E-state index contributed by atoms with van der Waals surface area (Å²) < 4.78 is 5.03. The lowest BCUT2D eigenvalue weighted by molar-refractivity contribution is 0.130. The maximum atomic E-state index is 11.3. The predicted octanol–water partition coefficient (Wildman–Crippen LogP) is 0.812. The second-order valence-electron chi connectivity index (χ2n) is 4.68. The summed E-state index contributed by atoms with van der Waals surface area (Å²) in [5, 5.41) is 0. The number of carbonyl (C=O) groups excluding carboxylic acids is 1. The number of amides is 1. The first-order valence-electron chi connectivity index (χ1n) is 4.58. The van der Waals surface area contributed by atoms with Crippen molar-refractivity contribution in [3.05, 3.63) is 0 Å². The summed E-state index contributed by atoms with van der Waals surface area (Å²) >= 11 is 0. The van der Waals surface area contributed by atoms with Crippen LogP contribution in [0.4, 0.5) is 4.79 Å². The number of ether oxygens (including phenoxy) is 1. The fourth-order valence-corrected chi connectivity index (χ4v) is 1.40. The van der Waals surface area contributed by atoms with Crippen LogP contribution >= 0.6 is 0 Å². The minimum Gasteiger partial charge on any atom is -0.443 e. The molecule has 0 spiro atoms. The molecule has 2 N–H and O–H groups in total. The Morgan fingerprint density at radius 3 is 2.62 bits per heavy atom. The fraction of sp³-hybridized carbons (Fsp3) is 0.889. The predicted molar refractivity (Wildman–Crippen MR) is 50.4 cm³/mol. The van der Waals surface area contributed by atoms with Crippen LogP contribution in [0.2, 0.25) is 0 Å². The van der Waals surface area contributed by atoms with Gasteiger partial charge in [-0.1, -0.05) is 20.8 Å². The second kappa shape index (κ2) is 3.54. The summed E-state index contributed by atoms with van der Waals surface area (Å²) in [6, 6.07) is 0. The van der Waals surface area contributed by atoms with Crippen LogP contribution in [0, 0.1) is 5.41 Å². The van der Waals surface area contributed by atoms with Gasteiger partial charge in [-0.2, -0.15) is 0 Å². The molecular weight excluding hydrogens is 168 g/mol. The molecule has 0 aromatic rings. The zero-order chi connectivity index (χ0) is 10.1. The van der Waals surface area contributed by atoms with Crippen LogP contribution in [0.1, 0.15) is 20.8 Å². The minimum atomic E-state index is -0.231. The highest BCUT2D eigenvalue weighted by atomic mass is 16.6. The van der Waals surface area contributed by atoms with E-state index in [0.717, 1.165) is 6.54 Å². The molecule has 1 aliphatic heterocycles. The Balaban J connectivity index is 2.49. The topological polar surface area (TPSA) is 55.6 Å². The van der Waals surface area contributed by atoms with Crippen LogP contribution in [0.3, 0.4) is 0 Å². The zero-order valence-electron chi connectivity index (χ0n) is 8.54. The average molecular weight is 186 g/mol. The molecule has 76 valence electrons. The van der Waals surface area contributed by atoms with Gasteiger partial charge in [0, 0.05) is 13.1 Å². The number of hydrogen-bond acceptors (Lipinski definition) is 3. The van der Waals surface area contributed by atoms with Gasteiger partial charge in [0.05, 0.1) is 6.54 Å². The SMILES string of the molecule is CC(C)(C)CN1C[C@H](CN)OC1=O. The minimum absolute atomic E-state index is 0.114. The number of hydrogen-bond donors (Lipinski definition) is 1. The highest BCUT2D eigenvalue weighted by Crippen LogP contribution is 2.19. The van der Waals surface area contributed by atoms with Crippen LogP contribution in [0.15, 0.2) is 0 Å². The molecule has 1 heterocycles. The Hall–Kier alpha value is -0.770. The van der Waals surface area contributed by atoms with E-state index >= 15 is 0 Å². The average Bonchev–Trinajstić information content (AvgIpc) is 2.29. The highest BCUT2D eigenvalue weighted by Gasteiger charge is 2.32. The Morgan fingerprint density at radius 2 is 2.23 bits per heavy atom. The molecule has 1 fully saturated rings. The molecule has 4 heteroatoms. The third-order valence-corrected chi connectivity index (χ3v) is 1.88. The summed E-state index contributed by atoms with van der Waals surface area (Å²) in [4.78, 5) is 13.0. The Kier molecular flexibility index (Phi) is 2.81. The van der Waals surface area contributed by atoms with Crippen molar-refractivity contribution in [2.24, 2.45) is 11.1 Å². The first kappa shape index (κ1) is 10.3. The van der Waals surface area contributed by atoms with Crippen molar-refractivity contribution in [3.8, 4) is 0 Å². The Morgan fingerprint density at radius 1 is 1.62 bits per heavy atom. The van der Waals surface area contributed by atoms with E-state index in [9.17, 15) is 4.79 Å². The van der Waals surface area contributed by atoms with Gasteiger partial charge in [-0.05, 0) is 5.41 Å². The van der Waals surface area contributed by atoms with Crippen LogP contribution in [-0.4, -0.2) is 36.7 Å². The number of rotatable bonds is 2. The van der Waals surface area contributed by atoms with Gasteiger partial charge in [-0.3, -0.25) is 0 Å². The molecule has 0 saturated carbocycles. The van der Waals surface area contributed by atoms with Crippen LogP contribution < -0.4 is 5.73 Å². The van der Waals surface area contributed by atoms with Crippen molar-refractivity contribution in [2.45, 2.75) is 26.9 Å². The summed E-state index contributed by atoms with van der Waals surface area (Å²) in [5.74, 6) is 0. The molecule has 1 atom stereocenters. The zero-order valence-corrected chi connectivity index (χ0v) is 8.54. The van der Waals surface area contributed by atoms with Gasteiger partial charge in [0.25, 0.3) is 0 Å². The van der Waals surface area contributed by atoms with Gasteiger partial charge >= 0.3 is 6.09 Å². The Bertz CT molecular complexity index is 198. The molecule has 0 aromatic carbocycles. The molecule has 4 nitrogen and oxygen atoms in total. The van der Waals surface area contributed by atoms with E-state index < -0.39 is 0 Å². The lowest BCUT2D eigenvalue weighted by Gasteiger charge is -2.24. The summed E-state index contributed by atoms with van der Waals surface area (Å²) in [5.41, 5.74) is 5.53. The van der Waals surface area contributed by atoms with Crippen molar-refractivity contribution in [3.63, 3.8) is 0 Å². The van der Waals surface area contributed by atoms with Gasteiger partial charge < -0.3 is 15.4 Å². The normalized spacial score (nSPS) is 23.5. The first-order valence-corrected chi connectivity index (χ1v) is 4.58. The quantitative estimate of drug-likeness (QED) is 0.694. The number of nitrogens with two attached hydrogens (primary N) is 1. The summed E-state index contributed by atoms with van der Waals surface area (Å²) in [7, 11) is 0. The van der Waals surface area contributed by atoms with E-state index in [-0.39, 0.29) is 17.6 Å². The molecule has 13 heavy (non-hydrogen) atoms. The lowest BCUT2D eigenvalue weighted by atomic mass is 9.96. The lowest BCUT2D eigenvalue weighted by Crippen LogP contribution is -2.34. The molecule has 0 unspecified atom stereocenters. The highest BCUT2D eigenvalue weighted by molar-refractivity contribution is 5.69. The second-order valence-corrected chi connectivity index (χ2v) is 4.68. The molecule has 1 rings (SSSR count). The largest absolute Gasteiger partial charge is 0.443 e. The van der Waals surface area contributed by atoms with Gasteiger partial charge in [0.15, 0.2) is 0 Å². The molecule has 1 aliphatic rings. The van der Waals surface area contributed by atoms with Gasteiger partial charge in [0.1, 0.15) is 6.10 Å². The number of nitrogens with zero attached hydrogens (tertiary/aromatic N) is 1. The van der Waals surface area contributed by atoms with E-state index in [4.69, 9.17) is 10.5 Å². The smallest absolute Gasteiger partial charge is 0.410 e. The molecule has 1 amide bonds. The van der Waals surface area contributed by atoms with Crippen molar-refractivity contribution in [2.75, 3.05) is 19.6 Å². The van der Waals surface area contributed by atoms with Crippen molar-refractivity contribution in [1.82, 2.24) is 4.90 Å². The van der Waals surface area contributed by atoms with Crippen LogP contribution in [0.25, 0.3) is 0 Å². The summed E-state index contributed by atoms with van der Waals surface area (Å²) in [6.45, 7) is 8.05. The third-order valence-electron chi connectivity index (χ3n) is 1.88. The number of carbonyl (C=O) groups is 1. The van der Waals surface area contributed by atoms with Gasteiger partial charge in [-0.15, -0.1) is 0 Å². The van der Waals surface area contributed by atoms with Crippen molar-refractivity contribution < 1.29 is 9.53 Å². The van der Waals surface area contributed by atoms with E-state index in [1.807, 2.05) is 0 Å².